The van der Waals surface area contributed by atoms with Gasteiger partial charge in [0, 0.05) is 11.8 Å². The number of hydrogen-bond acceptors (Lipinski definition) is 3. The molecule has 198 valence electrons. The third-order valence-electron chi connectivity index (χ3n) is 6.55. The standard InChI is InChI=1S/C29H58BrNO2/c1-3-5-7-9-11-13-15-19-25-31(26-20-16-14-12-10-8-6-4-2)27-21-22-28-33-29(32)23-17-18-24-30/h3-28H2,1-2H3. The Kier molecular flexibility index (Phi) is 28.1. The van der Waals surface area contributed by atoms with Crippen molar-refractivity contribution in [3.05, 3.63) is 0 Å². The largest absolute Gasteiger partial charge is 0.466 e. The first-order valence-corrected chi connectivity index (χ1v) is 15.8. The van der Waals surface area contributed by atoms with Crippen molar-refractivity contribution in [2.24, 2.45) is 0 Å². The third kappa shape index (κ3) is 26.4. The van der Waals surface area contributed by atoms with Crippen LogP contribution in [0.2, 0.25) is 0 Å². The predicted octanol–water partition coefficient (Wildman–Crippen LogP) is 9.46. The molecular formula is C29H58BrNO2. The van der Waals surface area contributed by atoms with Crippen molar-refractivity contribution in [1.29, 1.82) is 0 Å². The molecule has 0 heterocycles. The average Bonchev–Trinajstić information content (AvgIpc) is 2.81. The fourth-order valence-electron chi connectivity index (χ4n) is 4.33. The highest BCUT2D eigenvalue weighted by Gasteiger charge is 2.06. The van der Waals surface area contributed by atoms with E-state index >= 15 is 0 Å². The maximum absolute atomic E-state index is 11.7. The van der Waals surface area contributed by atoms with E-state index in [0.717, 1.165) is 37.6 Å². The van der Waals surface area contributed by atoms with Crippen LogP contribution in [0.3, 0.4) is 0 Å². The second kappa shape index (κ2) is 28.1. The van der Waals surface area contributed by atoms with Gasteiger partial charge in [-0.2, -0.15) is 0 Å². The first-order chi connectivity index (χ1) is 16.2. The van der Waals surface area contributed by atoms with Crippen LogP contribution in [0.5, 0.6) is 0 Å². The Morgan fingerprint density at radius 1 is 0.576 bits per heavy atom. The molecule has 0 rings (SSSR count). The Bertz CT molecular complexity index is 372. The number of carbonyl (C=O) groups excluding carboxylic acids is 1. The summed E-state index contributed by atoms with van der Waals surface area (Å²) in [6.07, 6.45) is 26.9. The number of nitrogens with zero attached hydrogens (tertiary/aromatic N) is 1. The number of rotatable bonds is 27. The molecule has 0 fully saturated rings. The van der Waals surface area contributed by atoms with E-state index in [1.165, 1.54) is 116 Å². The molecule has 0 radical (unpaired) electrons. The summed E-state index contributed by atoms with van der Waals surface area (Å²) in [6, 6.07) is 0. The Morgan fingerprint density at radius 3 is 1.45 bits per heavy atom. The maximum Gasteiger partial charge on any atom is 0.305 e. The van der Waals surface area contributed by atoms with Crippen molar-refractivity contribution >= 4 is 21.9 Å². The lowest BCUT2D eigenvalue weighted by Gasteiger charge is -2.22. The molecular weight excluding hydrogens is 474 g/mol. The van der Waals surface area contributed by atoms with E-state index in [1.807, 2.05) is 0 Å². The molecule has 3 nitrogen and oxygen atoms in total. The van der Waals surface area contributed by atoms with E-state index < -0.39 is 0 Å². The zero-order valence-electron chi connectivity index (χ0n) is 22.5. The zero-order chi connectivity index (χ0) is 24.2. The molecule has 0 bridgehead atoms. The predicted molar refractivity (Wildman–Crippen MR) is 149 cm³/mol. The van der Waals surface area contributed by atoms with Crippen molar-refractivity contribution in [2.45, 2.75) is 149 Å². The summed E-state index contributed by atoms with van der Waals surface area (Å²) < 4.78 is 5.40. The monoisotopic (exact) mass is 531 g/mol. The number of unbranched alkanes of at least 4 members (excludes halogenated alkanes) is 16. The van der Waals surface area contributed by atoms with Crippen LogP contribution in [0.25, 0.3) is 0 Å². The molecule has 0 N–H and O–H groups in total. The summed E-state index contributed by atoms with van der Waals surface area (Å²) >= 11 is 3.41. The molecule has 0 saturated heterocycles. The molecule has 0 atom stereocenters. The van der Waals surface area contributed by atoms with Gasteiger partial charge < -0.3 is 9.64 Å². The van der Waals surface area contributed by atoms with Gasteiger partial charge in [0.15, 0.2) is 0 Å². The van der Waals surface area contributed by atoms with Gasteiger partial charge in [-0.05, 0) is 58.2 Å². The number of alkyl halides is 1. The summed E-state index contributed by atoms with van der Waals surface area (Å²) in [6.45, 7) is 8.83. The van der Waals surface area contributed by atoms with Crippen LogP contribution in [-0.2, 0) is 9.53 Å². The van der Waals surface area contributed by atoms with Crippen molar-refractivity contribution in [2.75, 3.05) is 31.6 Å². The van der Waals surface area contributed by atoms with Crippen LogP contribution >= 0.6 is 15.9 Å². The molecule has 0 aliphatic heterocycles. The molecule has 0 spiro atoms. The molecule has 0 aromatic rings. The van der Waals surface area contributed by atoms with Gasteiger partial charge in [-0.1, -0.05) is 120 Å². The van der Waals surface area contributed by atoms with Crippen LogP contribution < -0.4 is 0 Å². The summed E-state index contributed by atoms with van der Waals surface area (Å²) in [7, 11) is 0. The maximum atomic E-state index is 11.7. The van der Waals surface area contributed by atoms with Gasteiger partial charge in [-0.25, -0.2) is 0 Å². The minimum atomic E-state index is -0.0225. The Morgan fingerprint density at radius 2 is 1.00 bits per heavy atom. The van der Waals surface area contributed by atoms with Crippen LogP contribution in [-0.4, -0.2) is 42.4 Å². The number of carbonyl (C=O) groups is 1. The molecule has 0 aliphatic rings. The van der Waals surface area contributed by atoms with Crippen LogP contribution in [0.4, 0.5) is 0 Å². The fourth-order valence-corrected chi connectivity index (χ4v) is 4.73. The molecule has 0 unspecified atom stereocenters. The molecule has 0 aromatic carbocycles. The highest BCUT2D eigenvalue weighted by Crippen LogP contribution is 2.12. The quantitative estimate of drug-likeness (QED) is 0.0599. The SMILES string of the molecule is CCCCCCCCCCN(CCCCCCCCCC)CCCCOC(=O)CCCCBr. The van der Waals surface area contributed by atoms with E-state index in [4.69, 9.17) is 4.74 Å². The van der Waals surface area contributed by atoms with E-state index in [2.05, 4.69) is 34.7 Å². The second-order valence-corrected chi connectivity index (χ2v) is 10.7. The third-order valence-corrected chi connectivity index (χ3v) is 7.11. The van der Waals surface area contributed by atoms with Gasteiger partial charge >= 0.3 is 5.97 Å². The van der Waals surface area contributed by atoms with Gasteiger partial charge in [0.05, 0.1) is 6.61 Å². The first kappa shape index (κ1) is 32.9. The average molecular weight is 533 g/mol. The van der Waals surface area contributed by atoms with E-state index in [-0.39, 0.29) is 5.97 Å². The van der Waals surface area contributed by atoms with Crippen molar-refractivity contribution in [3.8, 4) is 0 Å². The van der Waals surface area contributed by atoms with Gasteiger partial charge in [-0.15, -0.1) is 0 Å². The van der Waals surface area contributed by atoms with E-state index in [9.17, 15) is 4.79 Å². The van der Waals surface area contributed by atoms with Gasteiger partial charge in [0.2, 0.25) is 0 Å². The van der Waals surface area contributed by atoms with Crippen molar-refractivity contribution < 1.29 is 9.53 Å². The number of hydrogen-bond donors (Lipinski definition) is 0. The number of ether oxygens (including phenoxy) is 1. The molecule has 0 amide bonds. The minimum absolute atomic E-state index is 0.0225. The van der Waals surface area contributed by atoms with Crippen molar-refractivity contribution in [1.82, 2.24) is 4.90 Å². The highest BCUT2D eigenvalue weighted by atomic mass is 79.9. The molecule has 33 heavy (non-hydrogen) atoms. The summed E-state index contributed by atoms with van der Waals surface area (Å²) in [5.41, 5.74) is 0. The minimum Gasteiger partial charge on any atom is -0.466 e. The van der Waals surface area contributed by atoms with Crippen LogP contribution in [0.15, 0.2) is 0 Å². The number of esters is 1. The fraction of sp³-hybridized carbons (Fsp3) is 0.966. The smallest absolute Gasteiger partial charge is 0.305 e. The normalized spacial score (nSPS) is 11.4. The van der Waals surface area contributed by atoms with Gasteiger partial charge in [0.1, 0.15) is 0 Å². The lowest BCUT2D eigenvalue weighted by atomic mass is 10.1. The second-order valence-electron chi connectivity index (χ2n) is 9.87. The molecule has 0 saturated carbocycles. The van der Waals surface area contributed by atoms with Crippen LogP contribution in [0, 0.1) is 0 Å². The molecule has 0 aliphatic carbocycles. The summed E-state index contributed by atoms with van der Waals surface area (Å²) in [4.78, 5) is 14.4. The first-order valence-electron chi connectivity index (χ1n) is 14.7. The van der Waals surface area contributed by atoms with Crippen LogP contribution in [0.1, 0.15) is 149 Å². The topological polar surface area (TPSA) is 29.5 Å². The Balaban J connectivity index is 3.94. The van der Waals surface area contributed by atoms with Gasteiger partial charge in [-0.3, -0.25) is 4.79 Å². The molecule has 0 aromatic heterocycles. The van der Waals surface area contributed by atoms with Crippen molar-refractivity contribution in [3.63, 3.8) is 0 Å². The summed E-state index contributed by atoms with van der Waals surface area (Å²) in [5, 5.41) is 0.966. The summed E-state index contributed by atoms with van der Waals surface area (Å²) in [5.74, 6) is -0.0225. The van der Waals surface area contributed by atoms with E-state index in [0.29, 0.717) is 13.0 Å². The Labute approximate surface area is 216 Å². The molecule has 4 heteroatoms. The highest BCUT2D eigenvalue weighted by molar-refractivity contribution is 9.09. The Hall–Kier alpha value is -0.0900. The van der Waals surface area contributed by atoms with E-state index in [1.54, 1.807) is 0 Å². The zero-order valence-corrected chi connectivity index (χ0v) is 24.1. The lowest BCUT2D eigenvalue weighted by Crippen LogP contribution is -2.27. The lowest BCUT2D eigenvalue weighted by molar-refractivity contribution is -0.143. The number of halogens is 1. The van der Waals surface area contributed by atoms with Gasteiger partial charge in [0.25, 0.3) is 0 Å².